The summed E-state index contributed by atoms with van der Waals surface area (Å²) in [5.74, 6) is -2.25. The zero-order chi connectivity index (χ0) is 33.8. The van der Waals surface area contributed by atoms with Crippen LogP contribution in [0.15, 0.2) is 48.7 Å². The van der Waals surface area contributed by atoms with Crippen LogP contribution in [0.1, 0.15) is 48.8 Å². The molecule has 47 heavy (non-hydrogen) atoms. The molecular formula is C35H41F5N4O3. The number of aromatic nitrogens is 1. The van der Waals surface area contributed by atoms with Crippen LogP contribution in [0.2, 0.25) is 0 Å². The molecule has 1 atom stereocenters. The summed E-state index contributed by atoms with van der Waals surface area (Å²) in [6.45, 7) is 3.72. The molecule has 2 aliphatic rings. The Balaban J connectivity index is 1.39. The number of benzene rings is 2. The molecule has 7 nitrogen and oxygen atoms in total. The number of likely N-dealkylation sites (tertiary alicyclic amines) is 2. The maximum Gasteiger partial charge on any atom is 0.403 e. The number of hydrogen-bond donors (Lipinski definition) is 1. The first-order chi connectivity index (χ1) is 22.4. The Kier molecular flexibility index (Phi) is 10.8. The number of ether oxygens (including phenoxy) is 1. The molecule has 3 aromatic rings. The second-order valence-corrected chi connectivity index (χ2v) is 12.7. The van der Waals surface area contributed by atoms with E-state index in [1.54, 1.807) is 12.1 Å². The average molecular weight is 661 g/mol. The second kappa shape index (κ2) is 14.6. The lowest BCUT2D eigenvalue weighted by molar-refractivity contribution is -0.233. The lowest BCUT2D eigenvalue weighted by atomic mass is 9.76. The van der Waals surface area contributed by atoms with Gasteiger partial charge in [-0.25, -0.2) is 13.6 Å². The van der Waals surface area contributed by atoms with E-state index >= 15 is 0 Å². The smallest absolute Gasteiger partial charge is 0.403 e. The van der Waals surface area contributed by atoms with Crippen molar-refractivity contribution in [3.8, 4) is 11.3 Å². The lowest BCUT2D eigenvalue weighted by Crippen LogP contribution is -2.59. The SMILES string of the molecule is COC(=O)[C@H](Cc1cccc2c(-c3ncc(CN4CCCCC4)cc3C)cccc12)NC(=O)C1(C(F)(F)F)CCN(CC(F)F)CC1. The summed E-state index contributed by atoms with van der Waals surface area (Å²) in [5, 5.41) is 3.94. The van der Waals surface area contributed by atoms with Gasteiger partial charge in [-0.3, -0.25) is 19.6 Å². The number of rotatable bonds is 10. The zero-order valence-corrected chi connectivity index (χ0v) is 26.7. The number of fused-ring (bicyclic) bond motifs is 1. The van der Waals surface area contributed by atoms with Crippen molar-refractivity contribution in [3.63, 3.8) is 0 Å². The van der Waals surface area contributed by atoms with Gasteiger partial charge in [0.2, 0.25) is 5.91 Å². The number of nitrogens with one attached hydrogen (secondary N) is 1. The van der Waals surface area contributed by atoms with Gasteiger partial charge in [0.05, 0.1) is 19.3 Å². The van der Waals surface area contributed by atoms with Crippen LogP contribution in [-0.2, 0) is 27.3 Å². The van der Waals surface area contributed by atoms with Crippen LogP contribution in [0.25, 0.3) is 22.0 Å². The van der Waals surface area contributed by atoms with Gasteiger partial charge in [0, 0.05) is 24.7 Å². The van der Waals surface area contributed by atoms with Gasteiger partial charge in [-0.1, -0.05) is 48.9 Å². The molecule has 12 heteroatoms. The van der Waals surface area contributed by atoms with Crippen molar-refractivity contribution in [1.29, 1.82) is 0 Å². The second-order valence-electron chi connectivity index (χ2n) is 12.7. The van der Waals surface area contributed by atoms with E-state index in [2.05, 4.69) is 16.3 Å². The summed E-state index contributed by atoms with van der Waals surface area (Å²) in [7, 11) is 1.11. The van der Waals surface area contributed by atoms with Gasteiger partial charge in [-0.2, -0.15) is 13.2 Å². The standard InChI is InChI=1S/C35H41F5N4O3/c1-23-18-24(21-43-14-4-3-5-15-43)20-41-31(23)28-11-7-9-26-25(8-6-10-27(26)28)19-29(32(45)47-2)42-33(46)34(35(38,39)40)12-16-44(17-13-34)22-30(36)37/h6-11,18,20,29-30H,3-5,12-17,19,21-22H2,1-2H3,(H,42,46)/t29-/m0/s1. The molecule has 2 fully saturated rings. The molecule has 2 aliphatic heterocycles. The number of pyridine rings is 1. The third-order valence-corrected chi connectivity index (χ3v) is 9.56. The number of carbonyl (C=O) groups excluding carboxylic acids is 2. The van der Waals surface area contributed by atoms with E-state index in [1.807, 2.05) is 37.4 Å². The Morgan fingerprint density at radius 2 is 1.66 bits per heavy atom. The van der Waals surface area contributed by atoms with E-state index in [0.29, 0.717) is 5.56 Å². The van der Waals surface area contributed by atoms with Crippen molar-refractivity contribution < 1.29 is 36.3 Å². The number of hydrogen-bond acceptors (Lipinski definition) is 6. The topological polar surface area (TPSA) is 74.8 Å². The number of nitrogens with zero attached hydrogens (tertiary/aromatic N) is 3. The number of esters is 1. The minimum absolute atomic E-state index is 0.119. The van der Waals surface area contributed by atoms with Gasteiger partial charge >= 0.3 is 12.1 Å². The number of carbonyl (C=O) groups is 2. The predicted octanol–water partition coefficient (Wildman–Crippen LogP) is 6.31. The minimum Gasteiger partial charge on any atom is -0.467 e. The number of aryl methyl sites for hydroxylation is 1. The van der Waals surface area contributed by atoms with Crippen LogP contribution in [0.5, 0.6) is 0 Å². The fourth-order valence-electron chi connectivity index (χ4n) is 6.94. The van der Waals surface area contributed by atoms with Crippen molar-refractivity contribution in [2.45, 2.75) is 70.6 Å². The number of methoxy groups -OCH3 is 1. The summed E-state index contributed by atoms with van der Waals surface area (Å²) >= 11 is 0. The normalized spacial score (nSPS) is 18.3. The maximum absolute atomic E-state index is 14.4. The molecule has 1 aromatic heterocycles. The van der Waals surface area contributed by atoms with E-state index < -0.39 is 55.3 Å². The van der Waals surface area contributed by atoms with Crippen LogP contribution < -0.4 is 5.32 Å². The average Bonchev–Trinajstić information content (AvgIpc) is 3.04. The first-order valence-corrected chi connectivity index (χ1v) is 16.1. The van der Waals surface area contributed by atoms with Gasteiger partial charge in [-0.15, -0.1) is 0 Å². The molecule has 3 heterocycles. The monoisotopic (exact) mass is 660 g/mol. The molecule has 1 N–H and O–H groups in total. The van der Waals surface area contributed by atoms with Crippen LogP contribution in [-0.4, -0.2) is 85.1 Å². The molecule has 2 aromatic carbocycles. The molecule has 0 radical (unpaired) electrons. The van der Waals surface area contributed by atoms with Crippen molar-refractivity contribution in [1.82, 2.24) is 20.1 Å². The molecule has 0 aliphatic carbocycles. The van der Waals surface area contributed by atoms with Crippen molar-refractivity contribution >= 4 is 22.6 Å². The van der Waals surface area contributed by atoms with E-state index in [9.17, 15) is 31.5 Å². The fraction of sp³-hybridized carbons (Fsp3) is 0.514. The third-order valence-electron chi connectivity index (χ3n) is 9.56. The fourth-order valence-corrected chi connectivity index (χ4v) is 6.94. The summed E-state index contributed by atoms with van der Waals surface area (Å²) in [6, 6.07) is 11.9. The largest absolute Gasteiger partial charge is 0.467 e. The van der Waals surface area contributed by atoms with E-state index in [-0.39, 0.29) is 19.5 Å². The molecule has 1 amide bonds. The van der Waals surface area contributed by atoms with Crippen LogP contribution >= 0.6 is 0 Å². The molecule has 5 rings (SSSR count). The highest BCUT2D eigenvalue weighted by atomic mass is 19.4. The molecule has 2 saturated heterocycles. The Bertz CT molecular complexity index is 1570. The van der Waals surface area contributed by atoms with Crippen molar-refractivity contribution in [2.75, 3.05) is 39.8 Å². The van der Waals surface area contributed by atoms with Gasteiger partial charge in [0.25, 0.3) is 6.43 Å². The summed E-state index contributed by atoms with van der Waals surface area (Å²) in [6.07, 6.45) is -3.58. The summed E-state index contributed by atoms with van der Waals surface area (Å²) in [4.78, 5) is 34.8. The van der Waals surface area contributed by atoms with E-state index in [1.165, 1.54) is 24.2 Å². The third kappa shape index (κ3) is 7.75. The first-order valence-electron chi connectivity index (χ1n) is 16.1. The maximum atomic E-state index is 14.4. The van der Waals surface area contributed by atoms with Crippen LogP contribution in [0.3, 0.4) is 0 Å². The Morgan fingerprint density at radius 1 is 0.979 bits per heavy atom. The number of amides is 1. The van der Waals surface area contributed by atoms with E-state index in [0.717, 1.165) is 59.9 Å². The highest BCUT2D eigenvalue weighted by Crippen LogP contribution is 2.47. The van der Waals surface area contributed by atoms with Crippen LogP contribution in [0.4, 0.5) is 22.0 Å². The molecular weight excluding hydrogens is 619 g/mol. The highest BCUT2D eigenvalue weighted by molar-refractivity contribution is 5.98. The highest BCUT2D eigenvalue weighted by Gasteiger charge is 2.61. The molecule has 0 bridgehead atoms. The Labute approximate surface area is 271 Å². The number of halogens is 5. The van der Waals surface area contributed by atoms with Crippen molar-refractivity contribution in [3.05, 3.63) is 65.4 Å². The zero-order valence-electron chi connectivity index (χ0n) is 26.7. The Hall–Kier alpha value is -3.64. The van der Waals surface area contributed by atoms with Crippen molar-refractivity contribution in [2.24, 2.45) is 5.41 Å². The van der Waals surface area contributed by atoms with Gasteiger partial charge in [0.1, 0.15) is 11.5 Å². The number of alkyl halides is 5. The predicted molar refractivity (Wildman–Crippen MR) is 169 cm³/mol. The molecule has 0 saturated carbocycles. The minimum atomic E-state index is -4.95. The quantitative estimate of drug-likeness (QED) is 0.203. The molecule has 0 spiro atoms. The van der Waals surface area contributed by atoms with E-state index in [4.69, 9.17) is 9.72 Å². The van der Waals surface area contributed by atoms with Gasteiger partial charge in [-0.05, 0) is 86.2 Å². The Morgan fingerprint density at radius 3 is 2.30 bits per heavy atom. The van der Waals surface area contributed by atoms with Gasteiger partial charge in [0.15, 0.2) is 0 Å². The first kappa shape index (κ1) is 34.7. The lowest BCUT2D eigenvalue weighted by Gasteiger charge is -2.41. The summed E-state index contributed by atoms with van der Waals surface area (Å²) in [5.41, 5.74) is 1.64. The molecule has 254 valence electrons. The van der Waals surface area contributed by atoms with Gasteiger partial charge < -0.3 is 10.1 Å². The summed E-state index contributed by atoms with van der Waals surface area (Å²) < 4.78 is 73.9. The van der Waals surface area contributed by atoms with Crippen LogP contribution in [0, 0.1) is 12.3 Å². The number of piperidine rings is 2. The molecule has 0 unspecified atom stereocenters.